The van der Waals surface area contributed by atoms with Crippen LogP contribution in [0.2, 0.25) is 5.02 Å². The largest absolute Gasteiger partial charge is 0.321 e. The molecule has 0 aliphatic carbocycles. The number of nitrogens with one attached hydrogen (secondary N) is 1. The van der Waals surface area contributed by atoms with Crippen molar-refractivity contribution in [2.45, 2.75) is 6.92 Å². The zero-order valence-corrected chi connectivity index (χ0v) is 12.7. The van der Waals surface area contributed by atoms with Gasteiger partial charge in [0.15, 0.2) is 0 Å². The maximum atomic E-state index is 12.5. The maximum absolute atomic E-state index is 12.5. The number of anilines is 1. The first-order valence-corrected chi connectivity index (χ1v) is 7.19. The fourth-order valence-electron chi connectivity index (χ4n) is 2.27. The van der Waals surface area contributed by atoms with Crippen molar-refractivity contribution in [3.63, 3.8) is 0 Å². The van der Waals surface area contributed by atoms with Crippen LogP contribution in [0.3, 0.4) is 0 Å². The number of amides is 1. The molecule has 0 aliphatic rings. The Labute approximate surface area is 133 Å². The molecule has 1 amide bonds. The summed E-state index contributed by atoms with van der Waals surface area (Å²) in [5.74, 6) is -0.199. The molecule has 2 aromatic heterocycles. The van der Waals surface area contributed by atoms with Gasteiger partial charge < -0.3 is 9.88 Å². The molecule has 0 unspecified atom stereocenters. The van der Waals surface area contributed by atoms with E-state index >= 15 is 0 Å². The van der Waals surface area contributed by atoms with Crippen LogP contribution in [0.5, 0.6) is 0 Å². The second kappa shape index (κ2) is 6.03. The van der Waals surface area contributed by atoms with Crippen LogP contribution in [-0.4, -0.2) is 15.5 Å². The van der Waals surface area contributed by atoms with E-state index in [2.05, 4.69) is 10.3 Å². The first-order chi connectivity index (χ1) is 10.6. The van der Waals surface area contributed by atoms with E-state index in [0.717, 1.165) is 11.4 Å². The number of rotatable bonds is 3. The highest BCUT2D eigenvalue weighted by molar-refractivity contribution is 6.30. The minimum Gasteiger partial charge on any atom is -0.321 e. The summed E-state index contributed by atoms with van der Waals surface area (Å²) in [6, 6.07) is 14.4. The molecular formula is C17H14ClN3O. The average molecular weight is 312 g/mol. The molecular weight excluding hydrogens is 298 g/mol. The van der Waals surface area contributed by atoms with Crippen LogP contribution in [0.15, 0.2) is 60.9 Å². The van der Waals surface area contributed by atoms with Crippen LogP contribution < -0.4 is 5.32 Å². The van der Waals surface area contributed by atoms with Crippen molar-refractivity contribution in [2.75, 3.05) is 5.32 Å². The summed E-state index contributed by atoms with van der Waals surface area (Å²) in [4.78, 5) is 16.8. The molecule has 0 saturated carbocycles. The topological polar surface area (TPSA) is 46.9 Å². The second-order valence-corrected chi connectivity index (χ2v) is 5.27. The first kappa shape index (κ1) is 14.4. The van der Waals surface area contributed by atoms with Gasteiger partial charge in [-0.1, -0.05) is 17.7 Å². The van der Waals surface area contributed by atoms with E-state index in [1.165, 1.54) is 0 Å². The Balaban J connectivity index is 1.92. The van der Waals surface area contributed by atoms with Crippen LogP contribution >= 0.6 is 11.6 Å². The minimum atomic E-state index is -0.199. The molecule has 0 aliphatic heterocycles. The van der Waals surface area contributed by atoms with Crippen molar-refractivity contribution in [2.24, 2.45) is 0 Å². The third-order valence-corrected chi connectivity index (χ3v) is 3.54. The van der Waals surface area contributed by atoms with E-state index in [1.807, 2.05) is 35.9 Å². The van der Waals surface area contributed by atoms with E-state index in [0.29, 0.717) is 16.4 Å². The Bertz CT molecular complexity index is 826. The Kier molecular flexibility index (Phi) is 3.94. The number of aromatic nitrogens is 2. The van der Waals surface area contributed by atoms with Gasteiger partial charge in [0.1, 0.15) is 5.69 Å². The van der Waals surface area contributed by atoms with Crippen molar-refractivity contribution in [1.82, 2.24) is 9.55 Å². The predicted octanol–water partition coefficient (Wildman–Crippen LogP) is 4.09. The van der Waals surface area contributed by atoms with Gasteiger partial charge in [-0.2, -0.15) is 0 Å². The van der Waals surface area contributed by atoms with E-state index in [-0.39, 0.29) is 5.91 Å². The van der Waals surface area contributed by atoms with Crippen molar-refractivity contribution in [1.29, 1.82) is 0 Å². The van der Waals surface area contributed by atoms with Crippen LogP contribution in [-0.2, 0) is 0 Å². The minimum absolute atomic E-state index is 0.199. The number of pyridine rings is 1. The first-order valence-electron chi connectivity index (χ1n) is 6.81. The summed E-state index contributed by atoms with van der Waals surface area (Å²) in [6.45, 7) is 1.91. The summed E-state index contributed by atoms with van der Waals surface area (Å²) < 4.78 is 1.82. The molecule has 1 aromatic carbocycles. The maximum Gasteiger partial charge on any atom is 0.272 e. The number of benzene rings is 1. The molecule has 1 N–H and O–H groups in total. The lowest BCUT2D eigenvalue weighted by Crippen LogP contribution is -2.16. The summed E-state index contributed by atoms with van der Waals surface area (Å²) in [6.07, 6.45) is 3.57. The fourth-order valence-corrected chi connectivity index (χ4v) is 2.46. The number of carbonyl (C=O) groups excluding carboxylic acids is 1. The molecule has 0 bridgehead atoms. The lowest BCUT2D eigenvalue weighted by Gasteiger charge is -2.11. The number of carbonyl (C=O) groups is 1. The van der Waals surface area contributed by atoms with Gasteiger partial charge in [-0.3, -0.25) is 9.78 Å². The Morgan fingerprint density at radius 1 is 1.18 bits per heavy atom. The van der Waals surface area contributed by atoms with Gasteiger partial charge in [-0.25, -0.2) is 0 Å². The Hall–Kier alpha value is -2.59. The van der Waals surface area contributed by atoms with Crippen LogP contribution in [0, 0.1) is 6.92 Å². The van der Waals surface area contributed by atoms with E-state index in [9.17, 15) is 4.79 Å². The standard InChI is InChI=1S/C17H14ClN3O/c1-12-15(7-3-9-19-12)21-10-4-8-16(21)17(22)20-14-6-2-5-13(18)11-14/h2-11H,1H3,(H,20,22). The number of aryl methyl sites for hydroxylation is 1. The summed E-state index contributed by atoms with van der Waals surface area (Å²) in [5, 5.41) is 3.43. The normalized spacial score (nSPS) is 10.5. The SMILES string of the molecule is Cc1ncccc1-n1cccc1C(=O)Nc1cccc(Cl)c1. The lowest BCUT2D eigenvalue weighted by molar-refractivity contribution is 0.102. The van der Waals surface area contributed by atoms with Gasteiger partial charge >= 0.3 is 0 Å². The smallest absolute Gasteiger partial charge is 0.272 e. The zero-order valence-electron chi connectivity index (χ0n) is 12.0. The van der Waals surface area contributed by atoms with Crippen molar-refractivity contribution < 1.29 is 4.79 Å². The summed E-state index contributed by atoms with van der Waals surface area (Å²) in [5.41, 5.74) is 2.93. The van der Waals surface area contributed by atoms with Gasteiger partial charge in [-0.05, 0) is 49.4 Å². The molecule has 0 spiro atoms. The zero-order chi connectivity index (χ0) is 15.5. The number of hydrogen-bond acceptors (Lipinski definition) is 2. The molecule has 0 fully saturated rings. The Morgan fingerprint density at radius 3 is 2.82 bits per heavy atom. The molecule has 5 heteroatoms. The van der Waals surface area contributed by atoms with E-state index in [1.54, 1.807) is 36.5 Å². The van der Waals surface area contributed by atoms with E-state index in [4.69, 9.17) is 11.6 Å². The molecule has 110 valence electrons. The number of nitrogens with zero attached hydrogens (tertiary/aromatic N) is 2. The molecule has 0 atom stereocenters. The van der Waals surface area contributed by atoms with Gasteiger partial charge in [-0.15, -0.1) is 0 Å². The second-order valence-electron chi connectivity index (χ2n) is 4.84. The van der Waals surface area contributed by atoms with Crippen molar-refractivity contribution >= 4 is 23.2 Å². The van der Waals surface area contributed by atoms with Gasteiger partial charge in [0.2, 0.25) is 0 Å². The third-order valence-electron chi connectivity index (χ3n) is 3.30. The van der Waals surface area contributed by atoms with Crippen LogP contribution in [0.4, 0.5) is 5.69 Å². The number of hydrogen-bond donors (Lipinski definition) is 1. The van der Waals surface area contributed by atoms with Gasteiger partial charge in [0.25, 0.3) is 5.91 Å². The predicted molar refractivity (Wildman–Crippen MR) is 87.7 cm³/mol. The fraction of sp³-hybridized carbons (Fsp3) is 0.0588. The van der Waals surface area contributed by atoms with Gasteiger partial charge in [0.05, 0.1) is 11.4 Å². The highest BCUT2D eigenvalue weighted by atomic mass is 35.5. The summed E-state index contributed by atoms with van der Waals surface area (Å²) in [7, 11) is 0. The highest BCUT2D eigenvalue weighted by Gasteiger charge is 2.13. The average Bonchev–Trinajstić information content (AvgIpc) is 2.97. The van der Waals surface area contributed by atoms with Crippen molar-refractivity contribution in [3.8, 4) is 5.69 Å². The number of halogens is 1. The molecule has 0 radical (unpaired) electrons. The Morgan fingerprint density at radius 2 is 2.05 bits per heavy atom. The molecule has 22 heavy (non-hydrogen) atoms. The highest BCUT2D eigenvalue weighted by Crippen LogP contribution is 2.18. The molecule has 3 rings (SSSR count). The van der Waals surface area contributed by atoms with Crippen LogP contribution in [0.1, 0.15) is 16.2 Å². The lowest BCUT2D eigenvalue weighted by atomic mass is 10.3. The van der Waals surface area contributed by atoms with Crippen molar-refractivity contribution in [3.05, 3.63) is 77.3 Å². The molecule has 4 nitrogen and oxygen atoms in total. The van der Waals surface area contributed by atoms with E-state index < -0.39 is 0 Å². The van der Waals surface area contributed by atoms with Crippen LogP contribution in [0.25, 0.3) is 5.69 Å². The molecule has 2 heterocycles. The monoisotopic (exact) mass is 311 g/mol. The third kappa shape index (κ3) is 2.87. The molecule has 3 aromatic rings. The quantitative estimate of drug-likeness (QED) is 0.792. The summed E-state index contributed by atoms with van der Waals surface area (Å²) >= 11 is 5.94. The van der Waals surface area contributed by atoms with Gasteiger partial charge in [0, 0.05) is 23.1 Å². The molecule has 0 saturated heterocycles.